The summed E-state index contributed by atoms with van der Waals surface area (Å²) in [5.74, 6) is -1.52. The predicted octanol–water partition coefficient (Wildman–Crippen LogP) is 1.08. The fraction of sp³-hybridized carbons (Fsp3) is 0.556. The number of benzene rings is 1. The Morgan fingerprint density at radius 1 is 1.40 bits per heavy atom. The summed E-state index contributed by atoms with van der Waals surface area (Å²) in [6.07, 6.45) is 0.973. The van der Waals surface area contributed by atoms with Gasteiger partial charge in [-0.15, -0.1) is 0 Å². The third-order valence-electron chi connectivity index (χ3n) is 4.81. The lowest BCUT2D eigenvalue weighted by Crippen LogP contribution is -2.48. The highest BCUT2D eigenvalue weighted by Crippen LogP contribution is 2.26. The van der Waals surface area contributed by atoms with Gasteiger partial charge in [0.05, 0.1) is 12.0 Å². The molecule has 1 heterocycles. The molecule has 1 aliphatic heterocycles. The van der Waals surface area contributed by atoms with Gasteiger partial charge in [0.1, 0.15) is 5.75 Å². The van der Waals surface area contributed by atoms with Crippen LogP contribution in [0.25, 0.3) is 0 Å². The number of rotatable bonds is 7. The first kappa shape index (κ1) is 19.2. The Morgan fingerprint density at radius 3 is 2.76 bits per heavy atom. The van der Waals surface area contributed by atoms with Gasteiger partial charge in [-0.3, -0.25) is 9.59 Å². The van der Waals surface area contributed by atoms with E-state index in [9.17, 15) is 19.8 Å². The maximum atomic E-state index is 12.5. The molecule has 5 N–H and O–H groups in total. The molecule has 0 radical (unpaired) electrons. The topological polar surface area (TPSA) is 116 Å². The molecule has 3 atom stereocenters. The minimum absolute atomic E-state index is 0.0727. The Kier molecular flexibility index (Phi) is 6.78. The maximum Gasteiger partial charge on any atom is 0.308 e. The van der Waals surface area contributed by atoms with Gasteiger partial charge >= 0.3 is 5.97 Å². The van der Waals surface area contributed by atoms with E-state index in [4.69, 9.17) is 5.73 Å². The fourth-order valence-electron chi connectivity index (χ4n) is 3.21. The molecule has 0 saturated carbocycles. The van der Waals surface area contributed by atoms with Gasteiger partial charge in [0.2, 0.25) is 5.91 Å². The van der Waals surface area contributed by atoms with Gasteiger partial charge in [-0.2, -0.15) is 0 Å². The van der Waals surface area contributed by atoms with E-state index in [-0.39, 0.29) is 30.5 Å². The average Bonchev–Trinajstić information content (AvgIpc) is 2.61. The number of phenols is 1. The summed E-state index contributed by atoms with van der Waals surface area (Å²) < 4.78 is 0. The van der Waals surface area contributed by atoms with Crippen molar-refractivity contribution in [2.45, 2.75) is 38.3 Å². The molecular weight excluding hydrogens is 322 g/mol. The Hall–Kier alpha value is -2.12. The first-order valence-corrected chi connectivity index (χ1v) is 8.71. The SMILES string of the molecule is CCC(N)C(CCC(=O)N1CCNC(c2ccccc2O)C1)C(=O)O. The molecule has 2 rings (SSSR count). The van der Waals surface area contributed by atoms with Gasteiger partial charge in [-0.25, -0.2) is 0 Å². The molecule has 25 heavy (non-hydrogen) atoms. The molecule has 0 bridgehead atoms. The van der Waals surface area contributed by atoms with E-state index < -0.39 is 17.9 Å². The second-order valence-electron chi connectivity index (χ2n) is 6.46. The average molecular weight is 349 g/mol. The number of carboxylic acid groups (broad SMARTS) is 1. The number of aliphatic carboxylic acids is 1. The molecule has 1 amide bonds. The summed E-state index contributed by atoms with van der Waals surface area (Å²) in [6, 6.07) is 6.49. The molecule has 1 saturated heterocycles. The standard InChI is InChI=1S/C18H27N3O4/c1-2-14(19)12(18(24)25)7-8-17(23)21-10-9-20-15(11-21)13-5-3-4-6-16(13)22/h3-6,12,14-15,20,22H,2,7-11,19H2,1H3,(H,24,25). The predicted molar refractivity (Wildman–Crippen MR) is 94.1 cm³/mol. The molecule has 3 unspecified atom stereocenters. The van der Waals surface area contributed by atoms with Crippen LogP contribution in [0.3, 0.4) is 0 Å². The van der Waals surface area contributed by atoms with E-state index in [0.29, 0.717) is 26.1 Å². The number of carbonyl (C=O) groups is 2. The van der Waals surface area contributed by atoms with Crippen molar-refractivity contribution in [3.8, 4) is 5.75 Å². The zero-order valence-corrected chi connectivity index (χ0v) is 14.5. The lowest BCUT2D eigenvalue weighted by atomic mass is 9.93. The number of nitrogens with two attached hydrogens (primary N) is 1. The van der Waals surface area contributed by atoms with Gasteiger partial charge in [0, 0.05) is 37.7 Å². The lowest BCUT2D eigenvalue weighted by molar-refractivity contribution is -0.143. The van der Waals surface area contributed by atoms with Crippen LogP contribution in [-0.2, 0) is 9.59 Å². The van der Waals surface area contributed by atoms with Crippen molar-refractivity contribution in [3.63, 3.8) is 0 Å². The van der Waals surface area contributed by atoms with Crippen LogP contribution in [0.15, 0.2) is 24.3 Å². The van der Waals surface area contributed by atoms with Crippen molar-refractivity contribution in [3.05, 3.63) is 29.8 Å². The molecule has 0 aliphatic carbocycles. The van der Waals surface area contributed by atoms with E-state index in [1.165, 1.54) is 0 Å². The number of para-hydroxylation sites is 1. The molecular formula is C18H27N3O4. The van der Waals surface area contributed by atoms with Crippen molar-refractivity contribution in [2.75, 3.05) is 19.6 Å². The summed E-state index contributed by atoms with van der Waals surface area (Å²) in [5.41, 5.74) is 6.61. The monoisotopic (exact) mass is 349 g/mol. The Balaban J connectivity index is 1.95. The molecule has 1 fully saturated rings. The normalized spacial score (nSPS) is 20.1. The third kappa shape index (κ3) is 4.93. The third-order valence-corrected chi connectivity index (χ3v) is 4.81. The number of carbonyl (C=O) groups excluding carboxylic acids is 1. The highest BCUT2D eigenvalue weighted by Gasteiger charge is 2.28. The van der Waals surface area contributed by atoms with Crippen LogP contribution in [0.2, 0.25) is 0 Å². The van der Waals surface area contributed by atoms with E-state index >= 15 is 0 Å². The molecule has 0 aromatic heterocycles. The van der Waals surface area contributed by atoms with Gasteiger partial charge in [-0.1, -0.05) is 25.1 Å². The summed E-state index contributed by atoms with van der Waals surface area (Å²) in [7, 11) is 0. The molecule has 7 nitrogen and oxygen atoms in total. The first-order valence-electron chi connectivity index (χ1n) is 8.71. The minimum atomic E-state index is -0.949. The van der Waals surface area contributed by atoms with E-state index in [1.54, 1.807) is 17.0 Å². The van der Waals surface area contributed by atoms with Crippen LogP contribution in [0, 0.1) is 5.92 Å². The zero-order chi connectivity index (χ0) is 18.4. The molecule has 1 aromatic rings. The van der Waals surface area contributed by atoms with Crippen LogP contribution in [0.5, 0.6) is 5.75 Å². The molecule has 1 aromatic carbocycles. The Labute approximate surface area is 147 Å². The van der Waals surface area contributed by atoms with Crippen molar-refractivity contribution >= 4 is 11.9 Å². The van der Waals surface area contributed by atoms with E-state index in [2.05, 4.69) is 5.32 Å². The summed E-state index contributed by atoms with van der Waals surface area (Å²) in [6.45, 7) is 3.49. The smallest absolute Gasteiger partial charge is 0.308 e. The van der Waals surface area contributed by atoms with Crippen LogP contribution >= 0.6 is 0 Å². The quantitative estimate of drug-likeness (QED) is 0.585. The summed E-state index contributed by atoms with van der Waals surface area (Å²) >= 11 is 0. The van der Waals surface area contributed by atoms with Crippen LogP contribution in [-0.4, -0.2) is 52.7 Å². The fourth-order valence-corrected chi connectivity index (χ4v) is 3.21. The van der Waals surface area contributed by atoms with Gasteiger partial charge < -0.3 is 26.2 Å². The maximum absolute atomic E-state index is 12.5. The number of hydrogen-bond acceptors (Lipinski definition) is 5. The Morgan fingerprint density at radius 2 is 2.12 bits per heavy atom. The second kappa shape index (κ2) is 8.82. The summed E-state index contributed by atoms with van der Waals surface area (Å²) in [5, 5.41) is 22.6. The van der Waals surface area contributed by atoms with Gasteiger partial charge in [-0.05, 0) is 18.9 Å². The summed E-state index contributed by atoms with van der Waals surface area (Å²) in [4.78, 5) is 25.5. The highest BCUT2D eigenvalue weighted by atomic mass is 16.4. The second-order valence-corrected chi connectivity index (χ2v) is 6.46. The minimum Gasteiger partial charge on any atom is -0.508 e. The number of hydrogen-bond donors (Lipinski definition) is 4. The van der Waals surface area contributed by atoms with Crippen LogP contribution in [0.1, 0.15) is 37.8 Å². The molecule has 1 aliphatic rings. The largest absolute Gasteiger partial charge is 0.508 e. The number of nitrogens with zero attached hydrogens (tertiary/aromatic N) is 1. The van der Waals surface area contributed by atoms with Crippen molar-refractivity contribution in [1.29, 1.82) is 0 Å². The van der Waals surface area contributed by atoms with Crippen molar-refractivity contribution in [2.24, 2.45) is 11.7 Å². The number of phenolic OH excluding ortho intramolecular Hbond substituents is 1. The lowest BCUT2D eigenvalue weighted by Gasteiger charge is -2.34. The van der Waals surface area contributed by atoms with E-state index in [0.717, 1.165) is 5.56 Å². The molecule has 138 valence electrons. The van der Waals surface area contributed by atoms with Crippen LogP contribution < -0.4 is 11.1 Å². The van der Waals surface area contributed by atoms with Gasteiger partial charge in [0.15, 0.2) is 0 Å². The number of piperazine rings is 1. The number of amides is 1. The molecule has 7 heteroatoms. The zero-order valence-electron chi connectivity index (χ0n) is 14.5. The highest BCUT2D eigenvalue weighted by molar-refractivity contribution is 5.78. The number of nitrogens with one attached hydrogen (secondary N) is 1. The van der Waals surface area contributed by atoms with Crippen molar-refractivity contribution < 1.29 is 19.8 Å². The number of carboxylic acids is 1. The van der Waals surface area contributed by atoms with Gasteiger partial charge in [0.25, 0.3) is 0 Å². The molecule has 0 spiro atoms. The Bertz CT molecular complexity index is 608. The van der Waals surface area contributed by atoms with Crippen molar-refractivity contribution in [1.82, 2.24) is 10.2 Å². The van der Waals surface area contributed by atoms with Crippen LogP contribution in [0.4, 0.5) is 0 Å². The first-order chi connectivity index (χ1) is 11.9. The van der Waals surface area contributed by atoms with E-state index in [1.807, 2.05) is 19.1 Å². The number of aromatic hydroxyl groups is 1.